The molecule has 0 spiro atoms. The van der Waals surface area contributed by atoms with E-state index in [-0.39, 0.29) is 18.5 Å². The van der Waals surface area contributed by atoms with Gasteiger partial charge in [-0.25, -0.2) is 9.18 Å². The average molecular weight is 294 g/mol. The van der Waals surface area contributed by atoms with Gasteiger partial charge in [-0.3, -0.25) is 9.59 Å². The quantitative estimate of drug-likeness (QED) is 0.778. The molecule has 3 N–H and O–H groups in total. The summed E-state index contributed by atoms with van der Waals surface area (Å²) < 4.78 is 13.2. The first-order valence-electron chi connectivity index (χ1n) is 6.54. The third-order valence-electron chi connectivity index (χ3n) is 3.39. The fraction of sp³-hybridized carbons (Fsp3) is 0.357. The molecule has 1 aromatic carbocycles. The summed E-state index contributed by atoms with van der Waals surface area (Å²) in [7, 11) is 0. The second-order valence-corrected chi connectivity index (χ2v) is 4.84. The molecule has 21 heavy (non-hydrogen) atoms. The van der Waals surface area contributed by atoms with Crippen molar-refractivity contribution in [3.8, 4) is 0 Å². The Hall–Kier alpha value is -2.44. The maximum Gasteiger partial charge on any atom is 0.326 e. The lowest BCUT2D eigenvalue weighted by Gasteiger charge is -2.26. The van der Waals surface area contributed by atoms with Crippen LogP contribution in [0.25, 0.3) is 0 Å². The van der Waals surface area contributed by atoms with Crippen molar-refractivity contribution in [2.24, 2.45) is 0 Å². The summed E-state index contributed by atoms with van der Waals surface area (Å²) in [6, 6.07) is 2.76. The van der Waals surface area contributed by atoms with Gasteiger partial charge in [0.25, 0.3) is 0 Å². The first-order valence-corrected chi connectivity index (χ1v) is 6.54. The first kappa shape index (κ1) is 15.0. The molecule has 0 fully saturated rings. The number of benzene rings is 1. The van der Waals surface area contributed by atoms with Crippen molar-refractivity contribution in [2.45, 2.75) is 31.7 Å². The van der Waals surface area contributed by atoms with Crippen LogP contribution in [0.15, 0.2) is 18.2 Å². The molecule has 0 bridgehead atoms. The van der Waals surface area contributed by atoms with Gasteiger partial charge in [-0.1, -0.05) is 13.0 Å². The van der Waals surface area contributed by atoms with E-state index < -0.39 is 35.6 Å². The summed E-state index contributed by atoms with van der Waals surface area (Å²) in [5.41, 5.74) is 0.725. The highest BCUT2D eigenvalue weighted by molar-refractivity contribution is 6.01. The van der Waals surface area contributed by atoms with Crippen LogP contribution >= 0.6 is 0 Å². The Balaban J connectivity index is 2.26. The fourth-order valence-corrected chi connectivity index (χ4v) is 2.28. The molecule has 2 rings (SSSR count). The zero-order valence-corrected chi connectivity index (χ0v) is 11.4. The summed E-state index contributed by atoms with van der Waals surface area (Å²) in [6.45, 7) is 1.63. The SMILES string of the molecule is CCC(NC(=O)C1CC(=O)Nc2cc(F)ccc21)C(=O)O. The number of halogens is 1. The van der Waals surface area contributed by atoms with Crippen LogP contribution in [0.2, 0.25) is 0 Å². The van der Waals surface area contributed by atoms with E-state index in [1.54, 1.807) is 6.92 Å². The maximum atomic E-state index is 13.2. The molecule has 0 aromatic heterocycles. The number of anilines is 1. The molecule has 1 aliphatic heterocycles. The Morgan fingerprint density at radius 3 is 2.86 bits per heavy atom. The van der Waals surface area contributed by atoms with E-state index in [9.17, 15) is 18.8 Å². The molecule has 0 radical (unpaired) electrons. The molecule has 0 saturated carbocycles. The Morgan fingerprint density at radius 2 is 2.24 bits per heavy atom. The Morgan fingerprint density at radius 1 is 1.52 bits per heavy atom. The van der Waals surface area contributed by atoms with Crippen molar-refractivity contribution in [2.75, 3.05) is 5.32 Å². The monoisotopic (exact) mass is 294 g/mol. The molecule has 1 aromatic rings. The minimum Gasteiger partial charge on any atom is -0.480 e. The lowest BCUT2D eigenvalue weighted by molar-refractivity contribution is -0.142. The number of amides is 2. The molecular formula is C14H15FN2O4. The fourth-order valence-electron chi connectivity index (χ4n) is 2.28. The summed E-state index contributed by atoms with van der Waals surface area (Å²) in [6.07, 6.45) is 0.136. The summed E-state index contributed by atoms with van der Waals surface area (Å²) >= 11 is 0. The number of carboxylic acids is 1. The number of nitrogens with one attached hydrogen (secondary N) is 2. The molecule has 6 nitrogen and oxygen atoms in total. The highest BCUT2D eigenvalue weighted by Gasteiger charge is 2.32. The zero-order valence-electron chi connectivity index (χ0n) is 11.4. The van der Waals surface area contributed by atoms with Gasteiger partial charge in [0.2, 0.25) is 11.8 Å². The molecule has 0 saturated heterocycles. The van der Waals surface area contributed by atoms with Crippen LogP contribution < -0.4 is 10.6 Å². The number of fused-ring (bicyclic) bond motifs is 1. The van der Waals surface area contributed by atoms with Crippen molar-refractivity contribution < 1.29 is 23.9 Å². The van der Waals surface area contributed by atoms with Crippen molar-refractivity contribution in [1.29, 1.82) is 0 Å². The highest BCUT2D eigenvalue weighted by atomic mass is 19.1. The smallest absolute Gasteiger partial charge is 0.326 e. The van der Waals surface area contributed by atoms with Crippen molar-refractivity contribution in [3.63, 3.8) is 0 Å². The minimum absolute atomic E-state index is 0.0967. The molecule has 112 valence electrons. The average Bonchev–Trinajstić information content (AvgIpc) is 2.42. The van der Waals surface area contributed by atoms with Gasteiger partial charge in [-0.15, -0.1) is 0 Å². The normalized spacial score (nSPS) is 18.4. The lowest BCUT2D eigenvalue weighted by atomic mass is 9.89. The van der Waals surface area contributed by atoms with Crippen LogP contribution in [0.1, 0.15) is 31.2 Å². The van der Waals surface area contributed by atoms with E-state index in [1.165, 1.54) is 12.1 Å². The first-order chi connectivity index (χ1) is 9.92. The standard InChI is InChI=1S/C14H15FN2O4/c1-2-10(14(20)21)17-13(19)9-6-12(18)16-11-5-7(15)3-4-8(9)11/h3-5,9-10H,2,6H2,1H3,(H,16,18)(H,17,19)(H,20,21). The summed E-state index contributed by atoms with van der Waals surface area (Å²) in [5.74, 6) is -3.43. The number of carbonyl (C=O) groups is 3. The van der Waals surface area contributed by atoms with E-state index in [1.807, 2.05) is 0 Å². The van der Waals surface area contributed by atoms with E-state index in [0.29, 0.717) is 5.56 Å². The summed E-state index contributed by atoms with van der Waals surface area (Å²) in [5, 5.41) is 13.9. The van der Waals surface area contributed by atoms with E-state index in [0.717, 1.165) is 6.07 Å². The van der Waals surface area contributed by atoms with Crippen molar-refractivity contribution in [3.05, 3.63) is 29.6 Å². The third-order valence-corrected chi connectivity index (χ3v) is 3.39. The zero-order chi connectivity index (χ0) is 15.6. The van der Waals surface area contributed by atoms with Gasteiger partial charge in [0.1, 0.15) is 11.9 Å². The molecule has 2 amide bonds. The van der Waals surface area contributed by atoms with Crippen LogP contribution in [0.4, 0.5) is 10.1 Å². The van der Waals surface area contributed by atoms with Gasteiger partial charge in [0, 0.05) is 12.1 Å². The molecular weight excluding hydrogens is 279 g/mol. The van der Waals surface area contributed by atoms with Crippen LogP contribution in [-0.4, -0.2) is 28.9 Å². The maximum absolute atomic E-state index is 13.2. The molecule has 1 heterocycles. The molecule has 1 aliphatic rings. The number of rotatable bonds is 4. The van der Waals surface area contributed by atoms with Gasteiger partial charge >= 0.3 is 5.97 Å². The largest absolute Gasteiger partial charge is 0.480 e. The number of hydrogen-bond acceptors (Lipinski definition) is 3. The third kappa shape index (κ3) is 3.18. The number of carboxylic acid groups (broad SMARTS) is 1. The van der Waals surface area contributed by atoms with Crippen LogP contribution in [0.5, 0.6) is 0 Å². The second-order valence-electron chi connectivity index (χ2n) is 4.84. The van der Waals surface area contributed by atoms with E-state index >= 15 is 0 Å². The van der Waals surface area contributed by atoms with Crippen LogP contribution in [0.3, 0.4) is 0 Å². The van der Waals surface area contributed by atoms with Crippen LogP contribution in [-0.2, 0) is 14.4 Å². The predicted octanol–water partition coefficient (Wildman–Crippen LogP) is 1.23. The Labute approximate surface area is 120 Å². The van der Waals surface area contributed by atoms with Gasteiger partial charge in [-0.2, -0.15) is 0 Å². The predicted molar refractivity (Wildman–Crippen MR) is 72.2 cm³/mol. The number of aliphatic carboxylic acids is 1. The van der Waals surface area contributed by atoms with Crippen molar-refractivity contribution in [1.82, 2.24) is 5.32 Å². The number of hydrogen-bond donors (Lipinski definition) is 3. The molecule has 0 aliphatic carbocycles. The lowest BCUT2D eigenvalue weighted by Crippen LogP contribution is -2.44. The minimum atomic E-state index is -1.13. The van der Waals surface area contributed by atoms with Crippen LogP contribution in [0, 0.1) is 5.82 Å². The number of carbonyl (C=O) groups excluding carboxylic acids is 2. The highest BCUT2D eigenvalue weighted by Crippen LogP contribution is 2.32. The molecule has 7 heteroatoms. The van der Waals surface area contributed by atoms with E-state index in [2.05, 4.69) is 10.6 Å². The Kier molecular flexibility index (Phi) is 4.21. The molecule has 2 atom stereocenters. The van der Waals surface area contributed by atoms with Gasteiger partial charge in [-0.05, 0) is 24.1 Å². The topological polar surface area (TPSA) is 95.5 Å². The van der Waals surface area contributed by atoms with E-state index in [4.69, 9.17) is 5.11 Å². The van der Waals surface area contributed by atoms with Gasteiger partial charge in [0.15, 0.2) is 0 Å². The van der Waals surface area contributed by atoms with Gasteiger partial charge in [0.05, 0.1) is 5.92 Å². The second kappa shape index (κ2) is 5.90. The Bertz CT molecular complexity index is 603. The van der Waals surface area contributed by atoms with Gasteiger partial charge < -0.3 is 15.7 Å². The van der Waals surface area contributed by atoms with Crippen molar-refractivity contribution >= 4 is 23.5 Å². The molecule has 2 unspecified atom stereocenters. The summed E-state index contributed by atoms with van der Waals surface area (Å²) in [4.78, 5) is 34.8.